The summed E-state index contributed by atoms with van der Waals surface area (Å²) in [5, 5.41) is 5.66. The molecule has 1 aliphatic rings. The van der Waals surface area contributed by atoms with E-state index >= 15 is 0 Å². The van der Waals surface area contributed by atoms with Crippen LogP contribution < -0.4 is 5.32 Å². The molecule has 1 saturated carbocycles. The van der Waals surface area contributed by atoms with Crippen LogP contribution >= 0.6 is 11.3 Å². The van der Waals surface area contributed by atoms with E-state index in [-0.39, 0.29) is 0 Å². The third-order valence-corrected chi connectivity index (χ3v) is 4.81. The van der Waals surface area contributed by atoms with E-state index in [1.54, 1.807) is 0 Å². The van der Waals surface area contributed by atoms with Crippen LogP contribution in [-0.4, -0.2) is 38.0 Å². The van der Waals surface area contributed by atoms with E-state index < -0.39 is 0 Å². The van der Waals surface area contributed by atoms with Gasteiger partial charge in [-0.25, -0.2) is 0 Å². The summed E-state index contributed by atoms with van der Waals surface area (Å²) in [6.07, 6.45) is 6.66. The van der Waals surface area contributed by atoms with Crippen molar-refractivity contribution in [2.45, 2.75) is 32.1 Å². The van der Waals surface area contributed by atoms with Gasteiger partial charge in [0.1, 0.15) is 0 Å². The SMILES string of the molecule is CN=C(NCC1CCCC1)N(C)CCc1cccs1. The topological polar surface area (TPSA) is 27.6 Å². The van der Waals surface area contributed by atoms with Crippen LogP contribution in [-0.2, 0) is 6.42 Å². The van der Waals surface area contributed by atoms with Gasteiger partial charge in [-0.05, 0) is 36.6 Å². The molecule has 0 atom stereocenters. The number of likely N-dealkylation sites (N-methyl/N-ethyl adjacent to an activating group) is 1. The smallest absolute Gasteiger partial charge is 0.193 e. The molecular weight excluding hydrogens is 254 g/mol. The minimum absolute atomic E-state index is 0.849. The van der Waals surface area contributed by atoms with Gasteiger partial charge in [0.15, 0.2) is 5.96 Å². The third kappa shape index (κ3) is 4.53. The second-order valence-electron chi connectivity index (χ2n) is 5.33. The summed E-state index contributed by atoms with van der Waals surface area (Å²) in [6, 6.07) is 4.32. The fraction of sp³-hybridized carbons (Fsp3) is 0.667. The van der Waals surface area contributed by atoms with Crippen molar-refractivity contribution < 1.29 is 0 Å². The Balaban J connectivity index is 1.73. The lowest BCUT2D eigenvalue weighted by Crippen LogP contribution is -2.41. The first-order valence-corrected chi connectivity index (χ1v) is 8.11. The van der Waals surface area contributed by atoms with Crippen LogP contribution in [0.15, 0.2) is 22.5 Å². The molecule has 0 amide bonds. The van der Waals surface area contributed by atoms with E-state index in [0.29, 0.717) is 0 Å². The van der Waals surface area contributed by atoms with Crippen LogP contribution in [0.5, 0.6) is 0 Å². The van der Waals surface area contributed by atoms with Crippen molar-refractivity contribution in [3.8, 4) is 0 Å². The Bertz CT molecular complexity index is 380. The van der Waals surface area contributed by atoms with Crippen molar-refractivity contribution in [1.82, 2.24) is 10.2 Å². The summed E-state index contributed by atoms with van der Waals surface area (Å²) in [5.74, 6) is 1.88. The monoisotopic (exact) mass is 279 g/mol. The number of guanidine groups is 1. The number of thiophene rings is 1. The van der Waals surface area contributed by atoms with Gasteiger partial charge in [-0.15, -0.1) is 11.3 Å². The molecule has 1 aromatic rings. The number of rotatable bonds is 5. The highest BCUT2D eigenvalue weighted by Crippen LogP contribution is 2.23. The van der Waals surface area contributed by atoms with Gasteiger partial charge in [-0.3, -0.25) is 4.99 Å². The maximum absolute atomic E-state index is 4.38. The molecule has 2 rings (SSSR count). The molecule has 3 nitrogen and oxygen atoms in total. The van der Waals surface area contributed by atoms with E-state index in [4.69, 9.17) is 0 Å². The highest BCUT2D eigenvalue weighted by Gasteiger charge is 2.16. The molecular formula is C15H25N3S. The number of hydrogen-bond acceptors (Lipinski definition) is 2. The van der Waals surface area contributed by atoms with Gasteiger partial charge in [0.2, 0.25) is 0 Å². The molecule has 0 bridgehead atoms. The Hall–Kier alpha value is -1.03. The van der Waals surface area contributed by atoms with Crippen molar-refractivity contribution in [3.63, 3.8) is 0 Å². The normalized spacial score (nSPS) is 16.8. The molecule has 0 aliphatic heterocycles. The van der Waals surface area contributed by atoms with Crippen LogP contribution in [0.1, 0.15) is 30.6 Å². The largest absolute Gasteiger partial charge is 0.356 e. The molecule has 1 aliphatic carbocycles. The van der Waals surface area contributed by atoms with Crippen molar-refractivity contribution >= 4 is 17.3 Å². The molecule has 0 spiro atoms. The molecule has 0 saturated heterocycles. The summed E-state index contributed by atoms with van der Waals surface area (Å²) in [5.41, 5.74) is 0. The van der Waals surface area contributed by atoms with E-state index in [9.17, 15) is 0 Å². The molecule has 0 radical (unpaired) electrons. The predicted molar refractivity (Wildman–Crippen MR) is 84.0 cm³/mol. The quantitative estimate of drug-likeness (QED) is 0.663. The second kappa shape index (κ2) is 7.53. The Morgan fingerprint density at radius 2 is 2.26 bits per heavy atom. The number of nitrogens with zero attached hydrogens (tertiary/aromatic N) is 2. The number of aliphatic imine (C=N–C) groups is 1. The van der Waals surface area contributed by atoms with Crippen molar-refractivity contribution in [1.29, 1.82) is 0 Å². The Morgan fingerprint density at radius 3 is 2.89 bits per heavy atom. The second-order valence-corrected chi connectivity index (χ2v) is 6.36. The molecule has 0 aromatic carbocycles. The minimum atomic E-state index is 0.849. The molecule has 19 heavy (non-hydrogen) atoms. The van der Waals surface area contributed by atoms with E-state index in [0.717, 1.165) is 31.4 Å². The maximum Gasteiger partial charge on any atom is 0.193 e. The first kappa shape index (κ1) is 14.4. The molecule has 1 fully saturated rings. The van der Waals surface area contributed by atoms with Gasteiger partial charge in [0.05, 0.1) is 0 Å². The highest BCUT2D eigenvalue weighted by molar-refractivity contribution is 7.09. The Morgan fingerprint density at radius 1 is 1.47 bits per heavy atom. The zero-order valence-corrected chi connectivity index (χ0v) is 12.9. The van der Waals surface area contributed by atoms with Gasteiger partial charge >= 0.3 is 0 Å². The van der Waals surface area contributed by atoms with Crippen molar-refractivity contribution in [3.05, 3.63) is 22.4 Å². The first-order chi connectivity index (χ1) is 9.29. The van der Waals surface area contributed by atoms with Crippen molar-refractivity contribution in [2.24, 2.45) is 10.9 Å². The van der Waals surface area contributed by atoms with Gasteiger partial charge in [0.25, 0.3) is 0 Å². The fourth-order valence-corrected chi connectivity index (χ4v) is 3.37. The summed E-state index contributed by atoms with van der Waals surface area (Å²) in [6.45, 7) is 2.10. The summed E-state index contributed by atoms with van der Waals surface area (Å²) in [7, 11) is 4.00. The van der Waals surface area contributed by atoms with E-state index in [2.05, 4.69) is 39.8 Å². The lowest BCUT2D eigenvalue weighted by atomic mass is 10.1. The molecule has 1 heterocycles. The van der Waals surface area contributed by atoms with Gasteiger partial charge in [-0.1, -0.05) is 18.9 Å². The van der Waals surface area contributed by atoms with Gasteiger partial charge < -0.3 is 10.2 Å². The maximum atomic E-state index is 4.38. The summed E-state index contributed by atoms with van der Waals surface area (Å²) >= 11 is 1.83. The highest BCUT2D eigenvalue weighted by atomic mass is 32.1. The van der Waals surface area contributed by atoms with Crippen LogP contribution in [0.4, 0.5) is 0 Å². The zero-order chi connectivity index (χ0) is 13.5. The van der Waals surface area contributed by atoms with Gasteiger partial charge in [-0.2, -0.15) is 0 Å². The zero-order valence-electron chi connectivity index (χ0n) is 12.1. The Kier molecular flexibility index (Phi) is 5.70. The van der Waals surface area contributed by atoms with E-state index in [1.807, 2.05) is 18.4 Å². The molecule has 1 aromatic heterocycles. The lowest BCUT2D eigenvalue weighted by molar-refractivity contribution is 0.464. The molecule has 106 valence electrons. The summed E-state index contributed by atoms with van der Waals surface area (Å²) < 4.78 is 0. The van der Waals surface area contributed by atoms with Crippen LogP contribution in [0.2, 0.25) is 0 Å². The molecule has 1 N–H and O–H groups in total. The lowest BCUT2D eigenvalue weighted by Gasteiger charge is -2.23. The first-order valence-electron chi connectivity index (χ1n) is 7.23. The van der Waals surface area contributed by atoms with E-state index in [1.165, 1.54) is 30.6 Å². The molecule has 4 heteroatoms. The van der Waals surface area contributed by atoms with Crippen LogP contribution in [0.25, 0.3) is 0 Å². The predicted octanol–water partition coefficient (Wildman–Crippen LogP) is 2.99. The minimum Gasteiger partial charge on any atom is -0.356 e. The number of nitrogens with one attached hydrogen (secondary N) is 1. The Labute approximate surface area is 120 Å². The summed E-state index contributed by atoms with van der Waals surface area (Å²) in [4.78, 5) is 8.06. The number of hydrogen-bond donors (Lipinski definition) is 1. The van der Waals surface area contributed by atoms with Crippen LogP contribution in [0.3, 0.4) is 0 Å². The average molecular weight is 279 g/mol. The third-order valence-electron chi connectivity index (χ3n) is 3.87. The van der Waals surface area contributed by atoms with Gasteiger partial charge in [0, 0.05) is 32.1 Å². The van der Waals surface area contributed by atoms with Crippen LogP contribution in [0, 0.1) is 5.92 Å². The van der Waals surface area contributed by atoms with Crippen molar-refractivity contribution in [2.75, 3.05) is 27.2 Å². The average Bonchev–Trinajstić information content (AvgIpc) is 3.10. The fourth-order valence-electron chi connectivity index (χ4n) is 2.67. The standard InChI is InChI=1S/C15H25N3S/c1-16-15(17-12-13-6-3-4-7-13)18(2)10-9-14-8-5-11-19-14/h5,8,11,13H,3-4,6-7,9-10,12H2,1-2H3,(H,16,17). The molecule has 0 unspecified atom stereocenters.